The summed E-state index contributed by atoms with van der Waals surface area (Å²) in [5.41, 5.74) is 0.865. The van der Waals surface area contributed by atoms with E-state index in [0.717, 1.165) is 9.26 Å². The highest BCUT2D eigenvalue weighted by atomic mass is 127. The molecule has 0 atom stereocenters. The van der Waals surface area contributed by atoms with Crippen LogP contribution in [0.4, 0.5) is 10.1 Å². The molecule has 0 radical (unpaired) electrons. The number of hydrogen-bond donors (Lipinski definition) is 1. The second-order valence-corrected chi connectivity index (χ2v) is 4.19. The fraction of sp³-hybridized carbons (Fsp3) is 0.111. The minimum absolute atomic E-state index is 0.236. The quantitative estimate of drug-likeness (QED) is 0.841. The zero-order chi connectivity index (χ0) is 9.84. The van der Waals surface area contributed by atoms with Crippen LogP contribution >= 0.6 is 34.2 Å². The van der Waals surface area contributed by atoms with E-state index in [1.54, 1.807) is 6.07 Å². The summed E-state index contributed by atoms with van der Waals surface area (Å²) in [6.07, 6.45) is 0. The SMILES string of the molecule is C=C(Cl)CNc1ccc(F)cc1I. The van der Waals surface area contributed by atoms with Gasteiger partial charge >= 0.3 is 0 Å². The lowest BCUT2D eigenvalue weighted by molar-refractivity contribution is 0.627. The molecule has 0 bridgehead atoms. The van der Waals surface area contributed by atoms with Gasteiger partial charge in [-0.15, -0.1) is 0 Å². The third-order valence-corrected chi connectivity index (χ3v) is 2.43. The average molecular weight is 312 g/mol. The number of anilines is 1. The maximum Gasteiger partial charge on any atom is 0.124 e. The Kier molecular flexibility index (Phi) is 3.99. The topological polar surface area (TPSA) is 12.0 Å². The summed E-state index contributed by atoms with van der Waals surface area (Å²) in [5.74, 6) is -0.236. The maximum absolute atomic E-state index is 12.7. The Morgan fingerprint density at radius 2 is 2.31 bits per heavy atom. The highest BCUT2D eigenvalue weighted by molar-refractivity contribution is 14.1. The lowest BCUT2D eigenvalue weighted by atomic mass is 10.3. The molecule has 1 aromatic rings. The van der Waals surface area contributed by atoms with Gasteiger partial charge in [-0.3, -0.25) is 0 Å². The van der Waals surface area contributed by atoms with E-state index in [0.29, 0.717) is 11.6 Å². The van der Waals surface area contributed by atoms with E-state index >= 15 is 0 Å². The predicted octanol–water partition coefficient (Wildman–Crippen LogP) is 3.59. The van der Waals surface area contributed by atoms with Crippen molar-refractivity contribution in [2.75, 3.05) is 11.9 Å². The molecular weight excluding hydrogens is 303 g/mol. The van der Waals surface area contributed by atoms with Gasteiger partial charge in [-0.05, 0) is 40.8 Å². The largest absolute Gasteiger partial charge is 0.379 e. The Hall–Kier alpha value is -0.290. The number of nitrogens with one attached hydrogen (secondary N) is 1. The van der Waals surface area contributed by atoms with Gasteiger partial charge in [0, 0.05) is 14.3 Å². The predicted molar refractivity (Wildman–Crippen MR) is 62.6 cm³/mol. The molecule has 0 saturated carbocycles. The zero-order valence-corrected chi connectivity index (χ0v) is 9.69. The molecule has 1 aromatic carbocycles. The molecule has 0 unspecified atom stereocenters. The van der Waals surface area contributed by atoms with Gasteiger partial charge in [-0.1, -0.05) is 18.2 Å². The van der Waals surface area contributed by atoms with Crippen LogP contribution in [0.15, 0.2) is 29.8 Å². The Labute approximate surface area is 95.1 Å². The van der Waals surface area contributed by atoms with Crippen LogP contribution < -0.4 is 5.32 Å². The molecule has 1 nitrogen and oxygen atoms in total. The second kappa shape index (κ2) is 4.81. The van der Waals surface area contributed by atoms with Crippen molar-refractivity contribution >= 4 is 39.9 Å². The standard InChI is InChI=1S/C9H8ClFIN/c1-6(10)5-13-9-3-2-7(11)4-8(9)12/h2-4,13H,1,5H2. The first-order valence-corrected chi connectivity index (χ1v) is 5.07. The monoisotopic (exact) mass is 311 g/mol. The summed E-state index contributed by atoms with van der Waals surface area (Å²) >= 11 is 7.64. The van der Waals surface area contributed by atoms with Crippen LogP contribution in [0.1, 0.15) is 0 Å². The molecule has 0 amide bonds. The molecule has 0 aromatic heterocycles. The molecule has 0 fully saturated rings. The van der Waals surface area contributed by atoms with Crippen LogP contribution in [-0.4, -0.2) is 6.54 Å². The molecular formula is C9H8ClFIN. The number of hydrogen-bond acceptors (Lipinski definition) is 1. The zero-order valence-electron chi connectivity index (χ0n) is 6.78. The van der Waals surface area contributed by atoms with E-state index in [2.05, 4.69) is 34.5 Å². The summed E-state index contributed by atoms with van der Waals surface area (Å²) in [6.45, 7) is 4.03. The van der Waals surface area contributed by atoms with E-state index in [4.69, 9.17) is 11.6 Å². The number of benzene rings is 1. The van der Waals surface area contributed by atoms with Gasteiger partial charge in [0.25, 0.3) is 0 Å². The van der Waals surface area contributed by atoms with Crippen LogP contribution in [-0.2, 0) is 0 Å². The summed E-state index contributed by atoms with van der Waals surface area (Å²) in [5, 5.41) is 3.56. The molecule has 0 aliphatic rings. The molecule has 0 saturated heterocycles. The first kappa shape index (κ1) is 10.8. The molecule has 0 heterocycles. The summed E-state index contributed by atoms with van der Waals surface area (Å²) in [7, 11) is 0. The average Bonchev–Trinajstić information content (AvgIpc) is 2.02. The molecule has 1 N–H and O–H groups in total. The van der Waals surface area contributed by atoms with Crippen LogP contribution in [0.25, 0.3) is 0 Å². The first-order valence-electron chi connectivity index (χ1n) is 3.62. The molecule has 1 rings (SSSR count). The van der Waals surface area contributed by atoms with Crippen molar-refractivity contribution < 1.29 is 4.39 Å². The van der Waals surface area contributed by atoms with E-state index in [-0.39, 0.29) is 5.82 Å². The summed E-state index contributed by atoms with van der Waals surface area (Å²) < 4.78 is 13.5. The number of halogens is 3. The van der Waals surface area contributed by atoms with Crippen LogP contribution in [0.2, 0.25) is 0 Å². The third kappa shape index (κ3) is 3.52. The molecule has 4 heteroatoms. The van der Waals surface area contributed by atoms with Crippen molar-refractivity contribution in [1.29, 1.82) is 0 Å². The lowest BCUT2D eigenvalue weighted by Gasteiger charge is -2.06. The molecule has 70 valence electrons. The molecule has 0 spiro atoms. The van der Waals surface area contributed by atoms with Crippen molar-refractivity contribution in [2.45, 2.75) is 0 Å². The minimum Gasteiger partial charge on any atom is -0.379 e. The van der Waals surface area contributed by atoms with Gasteiger partial charge in [-0.2, -0.15) is 0 Å². The fourth-order valence-corrected chi connectivity index (χ4v) is 1.56. The third-order valence-electron chi connectivity index (χ3n) is 1.40. The van der Waals surface area contributed by atoms with Crippen molar-refractivity contribution in [3.8, 4) is 0 Å². The Bertz CT molecular complexity index is 327. The van der Waals surface area contributed by atoms with Gasteiger partial charge in [0.05, 0.1) is 6.54 Å². The Morgan fingerprint density at radius 1 is 1.62 bits per heavy atom. The van der Waals surface area contributed by atoms with Gasteiger partial charge in [0.15, 0.2) is 0 Å². The summed E-state index contributed by atoms with van der Waals surface area (Å²) in [6, 6.07) is 4.54. The maximum atomic E-state index is 12.7. The molecule has 0 aliphatic heterocycles. The van der Waals surface area contributed by atoms with Gasteiger partial charge < -0.3 is 5.32 Å². The highest BCUT2D eigenvalue weighted by Crippen LogP contribution is 2.19. The van der Waals surface area contributed by atoms with Crippen molar-refractivity contribution in [3.05, 3.63) is 39.2 Å². The molecule has 13 heavy (non-hydrogen) atoms. The van der Waals surface area contributed by atoms with E-state index < -0.39 is 0 Å². The Morgan fingerprint density at radius 3 is 2.85 bits per heavy atom. The van der Waals surface area contributed by atoms with Crippen LogP contribution in [0, 0.1) is 9.39 Å². The molecule has 0 aliphatic carbocycles. The van der Waals surface area contributed by atoms with E-state index in [1.165, 1.54) is 12.1 Å². The second-order valence-electron chi connectivity index (χ2n) is 2.49. The van der Waals surface area contributed by atoms with Gasteiger partial charge in [0.2, 0.25) is 0 Å². The van der Waals surface area contributed by atoms with E-state index in [1.807, 2.05) is 0 Å². The fourth-order valence-electron chi connectivity index (χ4n) is 0.824. The van der Waals surface area contributed by atoms with Crippen molar-refractivity contribution in [3.63, 3.8) is 0 Å². The van der Waals surface area contributed by atoms with Crippen LogP contribution in [0.5, 0.6) is 0 Å². The first-order chi connectivity index (χ1) is 6.09. The number of rotatable bonds is 3. The normalized spacial score (nSPS) is 9.77. The van der Waals surface area contributed by atoms with Gasteiger partial charge in [-0.25, -0.2) is 4.39 Å². The Balaban J connectivity index is 2.72. The minimum atomic E-state index is -0.236. The van der Waals surface area contributed by atoms with Crippen LogP contribution in [0.3, 0.4) is 0 Å². The van der Waals surface area contributed by atoms with Crippen molar-refractivity contribution in [2.24, 2.45) is 0 Å². The van der Waals surface area contributed by atoms with Gasteiger partial charge in [0.1, 0.15) is 5.82 Å². The van der Waals surface area contributed by atoms with E-state index in [9.17, 15) is 4.39 Å². The van der Waals surface area contributed by atoms with Crippen molar-refractivity contribution in [1.82, 2.24) is 0 Å². The summed E-state index contributed by atoms with van der Waals surface area (Å²) in [4.78, 5) is 0. The lowest BCUT2D eigenvalue weighted by Crippen LogP contribution is -2.02. The highest BCUT2D eigenvalue weighted by Gasteiger charge is 2.00. The smallest absolute Gasteiger partial charge is 0.124 e.